The summed E-state index contributed by atoms with van der Waals surface area (Å²) in [6.45, 7) is 6.96. The first-order chi connectivity index (χ1) is 20.5. The molecule has 0 bridgehead atoms. The molecule has 0 aliphatic carbocycles. The maximum absolute atomic E-state index is 12.6. The molecule has 0 aliphatic rings. The van der Waals surface area contributed by atoms with Crippen LogP contribution in [-0.2, 0) is 16.1 Å². The van der Waals surface area contributed by atoms with Gasteiger partial charge in [-0.2, -0.15) is 5.10 Å². The van der Waals surface area contributed by atoms with Gasteiger partial charge in [-0.1, -0.05) is 15.9 Å². The number of nitrogens with zero attached hydrogens (tertiary/aromatic N) is 3. The SMILES string of the molecule is Cc1ccc(C)n1-c1ccc(OCc2ccc(C(=O)N/N=C/c3cc(Br)cc([N+](=O)[O-])c3OCC(=O)OC(C)C)o2)cc1. The molecule has 0 radical (unpaired) electrons. The predicted molar refractivity (Wildman–Crippen MR) is 161 cm³/mol. The van der Waals surface area contributed by atoms with Crippen molar-refractivity contribution < 1.29 is 33.1 Å². The minimum Gasteiger partial charge on any atom is -0.486 e. The van der Waals surface area contributed by atoms with E-state index >= 15 is 0 Å². The highest BCUT2D eigenvalue weighted by molar-refractivity contribution is 9.10. The summed E-state index contributed by atoms with van der Waals surface area (Å²) in [5.74, 6) is -0.524. The summed E-state index contributed by atoms with van der Waals surface area (Å²) >= 11 is 3.21. The third-order valence-electron chi connectivity index (χ3n) is 5.96. The van der Waals surface area contributed by atoms with Crippen LogP contribution in [0.3, 0.4) is 0 Å². The third-order valence-corrected chi connectivity index (χ3v) is 6.42. The fourth-order valence-electron chi connectivity index (χ4n) is 4.13. The van der Waals surface area contributed by atoms with Crippen molar-refractivity contribution in [3.8, 4) is 17.2 Å². The first kappa shape index (κ1) is 31.0. The molecule has 0 saturated carbocycles. The molecule has 0 fully saturated rings. The van der Waals surface area contributed by atoms with Gasteiger partial charge in [0.1, 0.15) is 18.1 Å². The first-order valence-electron chi connectivity index (χ1n) is 13.1. The van der Waals surface area contributed by atoms with E-state index < -0.39 is 29.1 Å². The Balaban J connectivity index is 1.37. The van der Waals surface area contributed by atoms with Crippen molar-refractivity contribution in [1.29, 1.82) is 0 Å². The summed E-state index contributed by atoms with van der Waals surface area (Å²) < 4.78 is 24.3. The number of furan rings is 1. The smallest absolute Gasteiger partial charge is 0.344 e. The molecular formula is C30H29BrN4O8. The van der Waals surface area contributed by atoms with Crippen molar-refractivity contribution in [2.75, 3.05) is 6.61 Å². The molecule has 0 atom stereocenters. The van der Waals surface area contributed by atoms with Gasteiger partial charge < -0.3 is 23.2 Å². The van der Waals surface area contributed by atoms with Crippen LogP contribution in [0.25, 0.3) is 5.69 Å². The Morgan fingerprint density at radius 2 is 1.77 bits per heavy atom. The van der Waals surface area contributed by atoms with Gasteiger partial charge in [-0.3, -0.25) is 14.9 Å². The standard InChI is InChI=1S/C30H29BrN4O8/c1-18(2)42-28(36)17-41-29-21(13-22(31)14-26(29)35(38)39)15-32-33-30(37)27-12-11-25(43-27)16-40-24-9-7-23(8-10-24)34-19(3)5-6-20(34)4/h5-15,18H,16-17H2,1-4H3,(H,33,37)/b32-15+. The number of carbonyl (C=O) groups excluding carboxylic acids is 2. The fourth-order valence-corrected chi connectivity index (χ4v) is 4.59. The lowest BCUT2D eigenvalue weighted by atomic mass is 10.2. The molecule has 13 heteroatoms. The summed E-state index contributed by atoms with van der Waals surface area (Å²) in [6, 6.07) is 17.6. The maximum atomic E-state index is 12.6. The fraction of sp³-hybridized carbons (Fsp3) is 0.233. The van der Waals surface area contributed by atoms with Crippen LogP contribution >= 0.6 is 15.9 Å². The van der Waals surface area contributed by atoms with Crippen LogP contribution in [0.1, 0.15) is 47.1 Å². The molecule has 2 aromatic carbocycles. The van der Waals surface area contributed by atoms with E-state index in [1.54, 1.807) is 19.9 Å². The van der Waals surface area contributed by atoms with Crippen LogP contribution in [0.2, 0.25) is 0 Å². The lowest BCUT2D eigenvalue weighted by Gasteiger charge is -2.11. The minimum absolute atomic E-state index is 0.0159. The summed E-state index contributed by atoms with van der Waals surface area (Å²) in [7, 11) is 0. The van der Waals surface area contributed by atoms with Crippen LogP contribution in [0, 0.1) is 24.0 Å². The van der Waals surface area contributed by atoms with Gasteiger partial charge in [-0.15, -0.1) is 0 Å². The number of halogens is 1. The average molecular weight is 653 g/mol. The van der Waals surface area contributed by atoms with Gasteiger partial charge >= 0.3 is 17.6 Å². The van der Waals surface area contributed by atoms with E-state index in [-0.39, 0.29) is 29.8 Å². The van der Waals surface area contributed by atoms with E-state index in [4.69, 9.17) is 18.6 Å². The van der Waals surface area contributed by atoms with Crippen molar-refractivity contribution in [2.24, 2.45) is 5.10 Å². The van der Waals surface area contributed by atoms with Crippen LogP contribution in [0.15, 0.2) is 74.7 Å². The second-order valence-corrected chi connectivity index (χ2v) is 10.5. The zero-order valence-corrected chi connectivity index (χ0v) is 25.4. The Morgan fingerprint density at radius 1 is 1.07 bits per heavy atom. The lowest BCUT2D eigenvalue weighted by Crippen LogP contribution is -2.20. The molecule has 12 nitrogen and oxygen atoms in total. The lowest BCUT2D eigenvalue weighted by molar-refractivity contribution is -0.385. The molecule has 1 amide bonds. The number of nitrogens with one attached hydrogen (secondary N) is 1. The minimum atomic E-state index is -0.694. The highest BCUT2D eigenvalue weighted by Gasteiger charge is 2.22. The number of esters is 1. The van der Waals surface area contributed by atoms with E-state index in [9.17, 15) is 19.7 Å². The highest BCUT2D eigenvalue weighted by Crippen LogP contribution is 2.34. The van der Waals surface area contributed by atoms with Crippen LogP contribution in [0.5, 0.6) is 11.5 Å². The molecule has 43 heavy (non-hydrogen) atoms. The molecule has 224 valence electrons. The van der Waals surface area contributed by atoms with E-state index in [0.29, 0.717) is 16.0 Å². The molecule has 0 unspecified atom stereocenters. The Hall–Kier alpha value is -4.91. The molecule has 2 heterocycles. The Labute approximate surface area is 255 Å². The van der Waals surface area contributed by atoms with Crippen molar-refractivity contribution in [2.45, 2.75) is 40.4 Å². The van der Waals surface area contributed by atoms with Gasteiger partial charge in [0.2, 0.25) is 5.75 Å². The molecular weight excluding hydrogens is 624 g/mol. The quantitative estimate of drug-likeness (QED) is 0.0844. The van der Waals surface area contributed by atoms with Crippen LogP contribution in [-0.4, -0.2) is 40.3 Å². The molecule has 4 rings (SSSR count). The first-order valence-corrected chi connectivity index (χ1v) is 13.9. The number of ether oxygens (including phenoxy) is 3. The van der Waals surface area contributed by atoms with Crippen LogP contribution < -0.4 is 14.9 Å². The number of amides is 1. The normalized spacial score (nSPS) is 11.1. The number of aryl methyl sites for hydroxylation is 2. The van der Waals surface area contributed by atoms with Crippen LogP contribution in [0.4, 0.5) is 5.69 Å². The average Bonchev–Trinajstić information content (AvgIpc) is 3.57. The monoisotopic (exact) mass is 652 g/mol. The number of nitro benzene ring substituents is 1. The maximum Gasteiger partial charge on any atom is 0.344 e. The van der Waals surface area contributed by atoms with E-state index in [1.165, 1.54) is 18.2 Å². The van der Waals surface area contributed by atoms with E-state index in [0.717, 1.165) is 23.3 Å². The number of carbonyl (C=O) groups is 2. The second kappa shape index (κ2) is 13.8. The summed E-state index contributed by atoms with van der Waals surface area (Å²) in [4.78, 5) is 35.5. The largest absolute Gasteiger partial charge is 0.486 e. The van der Waals surface area contributed by atoms with Gasteiger partial charge in [0, 0.05) is 33.2 Å². The highest BCUT2D eigenvalue weighted by atomic mass is 79.9. The third kappa shape index (κ3) is 8.10. The van der Waals surface area contributed by atoms with Gasteiger partial charge in [0.15, 0.2) is 12.4 Å². The summed E-state index contributed by atoms with van der Waals surface area (Å²) in [5.41, 5.74) is 5.33. The Morgan fingerprint density at radius 3 is 2.42 bits per heavy atom. The van der Waals surface area contributed by atoms with E-state index in [1.807, 2.05) is 38.1 Å². The number of aromatic nitrogens is 1. The van der Waals surface area contributed by atoms with E-state index in [2.05, 4.69) is 43.2 Å². The number of hydrogen-bond acceptors (Lipinski definition) is 9. The van der Waals surface area contributed by atoms with Gasteiger partial charge in [0.05, 0.1) is 17.2 Å². The predicted octanol–water partition coefficient (Wildman–Crippen LogP) is 6.03. The van der Waals surface area contributed by atoms with Crippen molar-refractivity contribution >= 4 is 39.7 Å². The molecule has 0 aliphatic heterocycles. The number of rotatable bonds is 12. The van der Waals surface area contributed by atoms with Crippen molar-refractivity contribution in [3.63, 3.8) is 0 Å². The molecule has 0 spiro atoms. The topological polar surface area (TPSA) is 147 Å². The zero-order chi connectivity index (χ0) is 31.1. The van der Waals surface area contributed by atoms with Gasteiger partial charge in [-0.25, -0.2) is 10.2 Å². The number of hydrazone groups is 1. The molecule has 1 N–H and O–H groups in total. The number of benzene rings is 2. The Kier molecular flexibility index (Phi) is 9.99. The summed E-state index contributed by atoms with van der Waals surface area (Å²) in [5, 5.41) is 15.5. The molecule has 4 aromatic rings. The van der Waals surface area contributed by atoms with Crippen molar-refractivity contribution in [1.82, 2.24) is 9.99 Å². The zero-order valence-electron chi connectivity index (χ0n) is 23.8. The molecule has 0 saturated heterocycles. The summed E-state index contributed by atoms with van der Waals surface area (Å²) in [6.07, 6.45) is 0.781. The number of nitro groups is 1. The van der Waals surface area contributed by atoms with Gasteiger partial charge in [0.25, 0.3) is 0 Å². The van der Waals surface area contributed by atoms with Gasteiger partial charge in [-0.05, 0) is 82.3 Å². The second-order valence-electron chi connectivity index (χ2n) is 9.63. The Bertz CT molecular complexity index is 1640. The number of hydrogen-bond donors (Lipinski definition) is 1. The van der Waals surface area contributed by atoms with Crippen molar-refractivity contribution in [3.05, 3.63) is 104 Å². The molecule has 2 aromatic heterocycles.